The van der Waals surface area contributed by atoms with E-state index in [-0.39, 0.29) is 35.5 Å². The van der Waals surface area contributed by atoms with Crippen molar-refractivity contribution in [2.75, 3.05) is 6.61 Å². The zero-order chi connectivity index (χ0) is 17.9. The Labute approximate surface area is 148 Å². The maximum atomic E-state index is 13.2. The van der Waals surface area contributed by atoms with E-state index in [1.165, 1.54) is 0 Å². The second-order valence-corrected chi connectivity index (χ2v) is 8.05. The Hall–Kier alpha value is -2.07. The fourth-order valence-electron chi connectivity index (χ4n) is 4.78. The molecule has 3 atom stereocenters. The second kappa shape index (κ2) is 5.46. The van der Waals surface area contributed by atoms with Gasteiger partial charge in [-0.05, 0) is 36.8 Å². The fraction of sp³-hybridized carbons (Fsp3) is 0.476. The molecule has 2 aromatic carbocycles. The summed E-state index contributed by atoms with van der Waals surface area (Å²) in [6.07, 6.45) is 0. The highest BCUT2D eigenvalue weighted by Gasteiger charge is 2.58. The molecule has 1 unspecified atom stereocenters. The summed E-state index contributed by atoms with van der Waals surface area (Å²) in [5.74, 6) is 0.710. The predicted molar refractivity (Wildman–Crippen MR) is 97.3 cm³/mol. The number of amides is 1. The summed E-state index contributed by atoms with van der Waals surface area (Å²) in [7, 11) is 0. The molecule has 0 aromatic heterocycles. The van der Waals surface area contributed by atoms with Gasteiger partial charge in [0.05, 0.1) is 12.6 Å². The van der Waals surface area contributed by atoms with Crippen molar-refractivity contribution >= 4 is 16.7 Å². The van der Waals surface area contributed by atoms with Crippen LogP contribution in [0.1, 0.15) is 39.2 Å². The first kappa shape index (κ1) is 16.4. The lowest BCUT2D eigenvalue weighted by Gasteiger charge is -2.30. The molecule has 0 aliphatic carbocycles. The lowest BCUT2D eigenvalue weighted by Crippen LogP contribution is -2.44. The number of benzene rings is 2. The molecule has 4 heteroatoms. The standard InChI is InChI=1S/C21H25NO3/c1-12(2)18-19(16-11-25-21(3,4)22(16)20(18)24)15-9-10-17(23)14-8-6-5-7-13(14)15/h5-10,12,16,18-19,23H,11H2,1-4H3/t16-,18-,19?/m1/s1. The molecular weight excluding hydrogens is 314 g/mol. The molecule has 2 fully saturated rings. The maximum Gasteiger partial charge on any atom is 0.229 e. The summed E-state index contributed by atoms with van der Waals surface area (Å²) in [6, 6.07) is 11.7. The van der Waals surface area contributed by atoms with Crippen LogP contribution in [0.5, 0.6) is 5.75 Å². The molecule has 2 heterocycles. The molecule has 2 aromatic rings. The van der Waals surface area contributed by atoms with E-state index in [9.17, 15) is 9.90 Å². The van der Waals surface area contributed by atoms with E-state index in [2.05, 4.69) is 13.8 Å². The maximum absolute atomic E-state index is 13.2. The Bertz CT molecular complexity index is 842. The van der Waals surface area contributed by atoms with Gasteiger partial charge in [-0.2, -0.15) is 0 Å². The van der Waals surface area contributed by atoms with Gasteiger partial charge in [0.1, 0.15) is 11.5 Å². The molecule has 1 amide bonds. The highest BCUT2D eigenvalue weighted by molar-refractivity contribution is 5.93. The summed E-state index contributed by atoms with van der Waals surface area (Å²) >= 11 is 0. The first-order valence-corrected chi connectivity index (χ1v) is 9.00. The highest BCUT2D eigenvalue weighted by Crippen LogP contribution is 2.50. The molecule has 0 saturated carbocycles. The Morgan fingerprint density at radius 2 is 1.84 bits per heavy atom. The van der Waals surface area contributed by atoms with E-state index in [0.717, 1.165) is 16.3 Å². The second-order valence-electron chi connectivity index (χ2n) is 8.05. The lowest BCUT2D eigenvalue weighted by molar-refractivity contribution is -0.146. The van der Waals surface area contributed by atoms with Crippen LogP contribution in [0.3, 0.4) is 0 Å². The molecule has 2 aliphatic heterocycles. The number of nitrogens with zero attached hydrogens (tertiary/aromatic N) is 1. The monoisotopic (exact) mass is 339 g/mol. The quantitative estimate of drug-likeness (QED) is 0.903. The smallest absolute Gasteiger partial charge is 0.229 e. The average Bonchev–Trinajstić information content (AvgIpc) is 3.04. The third-order valence-electron chi connectivity index (χ3n) is 5.86. The van der Waals surface area contributed by atoms with Crippen LogP contribution in [0.25, 0.3) is 10.8 Å². The minimum atomic E-state index is -0.559. The van der Waals surface area contributed by atoms with E-state index < -0.39 is 5.72 Å². The van der Waals surface area contributed by atoms with Gasteiger partial charge < -0.3 is 14.7 Å². The molecule has 2 saturated heterocycles. The molecule has 2 aliphatic rings. The minimum Gasteiger partial charge on any atom is -0.507 e. The van der Waals surface area contributed by atoms with Gasteiger partial charge in [-0.1, -0.05) is 44.2 Å². The van der Waals surface area contributed by atoms with E-state index in [0.29, 0.717) is 6.61 Å². The largest absolute Gasteiger partial charge is 0.507 e. The Morgan fingerprint density at radius 3 is 2.52 bits per heavy atom. The van der Waals surface area contributed by atoms with Gasteiger partial charge in [0.25, 0.3) is 0 Å². The van der Waals surface area contributed by atoms with Crippen molar-refractivity contribution < 1.29 is 14.6 Å². The third kappa shape index (κ3) is 2.27. The molecule has 25 heavy (non-hydrogen) atoms. The lowest BCUT2D eigenvalue weighted by atomic mass is 9.77. The number of aromatic hydroxyl groups is 1. The average molecular weight is 339 g/mol. The van der Waals surface area contributed by atoms with Gasteiger partial charge in [0.15, 0.2) is 0 Å². The number of rotatable bonds is 2. The molecule has 0 bridgehead atoms. The van der Waals surface area contributed by atoms with Crippen molar-refractivity contribution in [1.29, 1.82) is 0 Å². The fourth-order valence-corrected chi connectivity index (χ4v) is 4.78. The van der Waals surface area contributed by atoms with Gasteiger partial charge in [-0.25, -0.2) is 0 Å². The molecule has 1 N–H and O–H groups in total. The van der Waals surface area contributed by atoms with Gasteiger partial charge in [0.2, 0.25) is 5.91 Å². The molecular formula is C21H25NO3. The van der Waals surface area contributed by atoms with Crippen LogP contribution < -0.4 is 0 Å². The number of carbonyl (C=O) groups excluding carboxylic acids is 1. The Morgan fingerprint density at radius 1 is 1.16 bits per heavy atom. The Balaban J connectivity index is 1.92. The molecule has 4 nitrogen and oxygen atoms in total. The normalized spacial score (nSPS) is 28.1. The van der Waals surface area contributed by atoms with Gasteiger partial charge in [-0.15, -0.1) is 0 Å². The van der Waals surface area contributed by atoms with E-state index >= 15 is 0 Å². The first-order valence-electron chi connectivity index (χ1n) is 9.00. The third-order valence-corrected chi connectivity index (χ3v) is 5.86. The van der Waals surface area contributed by atoms with Crippen molar-refractivity contribution in [2.45, 2.75) is 45.4 Å². The Kier molecular flexibility index (Phi) is 3.58. The number of phenolic OH excluding ortho intramolecular Hbond substituents is 1. The van der Waals surface area contributed by atoms with E-state index in [4.69, 9.17) is 4.74 Å². The van der Waals surface area contributed by atoms with Crippen LogP contribution in [0.2, 0.25) is 0 Å². The summed E-state index contributed by atoms with van der Waals surface area (Å²) in [5, 5.41) is 12.1. The van der Waals surface area contributed by atoms with Gasteiger partial charge in [-0.3, -0.25) is 4.79 Å². The highest BCUT2D eigenvalue weighted by atomic mass is 16.5. The van der Waals surface area contributed by atoms with Crippen molar-refractivity contribution in [2.24, 2.45) is 11.8 Å². The number of hydrogen-bond donors (Lipinski definition) is 1. The summed E-state index contributed by atoms with van der Waals surface area (Å²) in [4.78, 5) is 15.2. The zero-order valence-corrected chi connectivity index (χ0v) is 15.2. The summed E-state index contributed by atoms with van der Waals surface area (Å²) in [5.41, 5.74) is 0.574. The van der Waals surface area contributed by atoms with Crippen molar-refractivity contribution in [3.63, 3.8) is 0 Å². The number of phenols is 1. The molecule has 4 rings (SSSR count). The van der Waals surface area contributed by atoms with Crippen LogP contribution in [-0.2, 0) is 9.53 Å². The number of carbonyl (C=O) groups is 1. The number of hydrogen-bond acceptors (Lipinski definition) is 3. The first-order chi connectivity index (χ1) is 11.8. The zero-order valence-electron chi connectivity index (χ0n) is 15.2. The summed E-state index contributed by atoms with van der Waals surface area (Å²) in [6.45, 7) is 8.74. The van der Waals surface area contributed by atoms with Crippen molar-refractivity contribution in [1.82, 2.24) is 4.90 Å². The molecule has 0 radical (unpaired) electrons. The van der Waals surface area contributed by atoms with Gasteiger partial charge in [0, 0.05) is 17.2 Å². The minimum absolute atomic E-state index is 0.0443. The number of fused-ring (bicyclic) bond motifs is 2. The van der Waals surface area contributed by atoms with Crippen LogP contribution in [0.15, 0.2) is 36.4 Å². The topological polar surface area (TPSA) is 49.8 Å². The van der Waals surface area contributed by atoms with Gasteiger partial charge >= 0.3 is 0 Å². The van der Waals surface area contributed by atoms with E-state index in [1.54, 1.807) is 6.07 Å². The SMILES string of the molecule is CC(C)[C@H]1C(=O)N2[C@H](COC2(C)C)C1c1ccc(O)c2ccccc12. The van der Waals surface area contributed by atoms with Crippen molar-refractivity contribution in [3.8, 4) is 5.75 Å². The van der Waals surface area contributed by atoms with Crippen molar-refractivity contribution in [3.05, 3.63) is 42.0 Å². The predicted octanol–water partition coefficient (Wildman–Crippen LogP) is 3.88. The van der Waals surface area contributed by atoms with Crippen LogP contribution in [-0.4, -0.2) is 34.3 Å². The van der Waals surface area contributed by atoms with E-state index in [1.807, 2.05) is 49.1 Å². The molecule has 0 spiro atoms. The summed E-state index contributed by atoms with van der Waals surface area (Å²) < 4.78 is 5.95. The van der Waals surface area contributed by atoms with Crippen LogP contribution in [0, 0.1) is 11.8 Å². The number of ether oxygens (including phenoxy) is 1. The van der Waals surface area contributed by atoms with Crippen LogP contribution in [0.4, 0.5) is 0 Å². The van der Waals surface area contributed by atoms with Crippen LogP contribution >= 0.6 is 0 Å². The molecule has 132 valence electrons.